The summed E-state index contributed by atoms with van der Waals surface area (Å²) in [6, 6.07) is -8.77. The Morgan fingerprint density at radius 2 is 0.656 bits per heavy atom. The zero-order chi connectivity index (χ0) is 46.8. The van der Waals surface area contributed by atoms with E-state index in [1.54, 1.807) is 0 Å². The van der Waals surface area contributed by atoms with Crippen molar-refractivity contribution >= 4 is 113 Å². The molecule has 0 aromatic carbocycles. The van der Waals surface area contributed by atoms with Crippen LogP contribution in [0.15, 0.2) is 0 Å². The van der Waals surface area contributed by atoms with E-state index in [1.165, 1.54) is 0 Å². The molecule has 0 bridgehead atoms. The van der Waals surface area contributed by atoms with E-state index in [1.807, 2.05) is 0 Å². The zero-order valence-corrected chi connectivity index (χ0v) is 36.3. The van der Waals surface area contributed by atoms with Crippen molar-refractivity contribution in [3.05, 3.63) is 0 Å². The van der Waals surface area contributed by atoms with Crippen LogP contribution in [0.3, 0.4) is 0 Å². The minimum absolute atomic E-state index is 0.340. The molecule has 344 valence electrons. The van der Waals surface area contributed by atoms with Crippen LogP contribution in [0.2, 0.25) is 0 Å². The van der Waals surface area contributed by atoms with E-state index in [2.05, 4.69) is 31.9 Å². The van der Waals surface area contributed by atoms with Gasteiger partial charge in [-0.25, -0.2) is 0 Å². The van der Waals surface area contributed by atoms with Crippen LogP contribution >= 0.6 is 30.1 Å². The molecular weight excluding hydrogens is 945 g/mol. The molecule has 27 nitrogen and oxygen atoms in total. The van der Waals surface area contributed by atoms with Gasteiger partial charge in [0.2, 0.25) is 0 Å². The fourth-order valence-electron chi connectivity index (χ4n) is 3.95. The third-order valence-electron chi connectivity index (χ3n) is 7.24. The molecule has 0 fully saturated rings. The number of carboxylic acid groups (broad SMARTS) is 6. The second kappa shape index (κ2) is 30.2. The molecule has 0 saturated carbocycles. The van der Waals surface area contributed by atoms with Crippen molar-refractivity contribution in [2.75, 3.05) is 36.9 Å². The Hall–Kier alpha value is -4.87. The summed E-state index contributed by atoms with van der Waals surface area (Å²) in [5.74, 6) is -15.1. The van der Waals surface area contributed by atoms with Gasteiger partial charge in [-0.05, 0) is 0 Å². The van der Waals surface area contributed by atoms with E-state index >= 15 is 0 Å². The molecule has 0 aliphatic rings. The van der Waals surface area contributed by atoms with Gasteiger partial charge >= 0.3 is 361 Å². The molecule has 0 spiro atoms. The van der Waals surface area contributed by atoms with Crippen LogP contribution in [0, 0.1) is 0 Å². The van der Waals surface area contributed by atoms with Gasteiger partial charge in [-0.3, -0.25) is 0 Å². The van der Waals surface area contributed by atoms with Gasteiger partial charge in [-0.15, -0.1) is 0 Å². The van der Waals surface area contributed by atoms with E-state index in [9.17, 15) is 57.5 Å². The molecular formula is C30H48AsN9O18S3. The predicted octanol–water partition coefficient (Wildman–Crippen LogP) is -6.20. The minimum atomic E-state index is -2.90. The second-order valence-electron chi connectivity index (χ2n) is 12.3. The molecule has 18 N–H and O–H groups in total. The number of nitrogens with two attached hydrogens (primary N) is 3. The first-order valence-electron chi connectivity index (χ1n) is 17.4. The van der Waals surface area contributed by atoms with Crippen molar-refractivity contribution in [1.82, 2.24) is 31.9 Å². The number of carbonyl (C=O) groups is 12. The normalized spacial score (nSPS) is 13.8. The van der Waals surface area contributed by atoms with Gasteiger partial charge in [0.1, 0.15) is 0 Å². The second-order valence-corrected chi connectivity index (χ2v) is 29.1. The number of rotatable bonds is 33. The van der Waals surface area contributed by atoms with Gasteiger partial charge in [-0.1, -0.05) is 0 Å². The maximum atomic E-state index is 13.0. The van der Waals surface area contributed by atoms with Gasteiger partial charge in [0, 0.05) is 0 Å². The fraction of sp³-hybridized carbons (Fsp3) is 0.600. The maximum absolute atomic E-state index is 13.0. The average molecular weight is 994 g/mol. The zero-order valence-electron chi connectivity index (χ0n) is 31.9. The number of hydrogen-bond donors (Lipinski definition) is 15. The first-order chi connectivity index (χ1) is 28.4. The summed E-state index contributed by atoms with van der Waals surface area (Å²) in [6.45, 7) is -2.63. The number of hydrogen-bond acceptors (Lipinski definition) is 18. The van der Waals surface area contributed by atoms with Gasteiger partial charge in [-0.2, -0.15) is 0 Å². The van der Waals surface area contributed by atoms with Crippen molar-refractivity contribution in [1.29, 1.82) is 0 Å². The van der Waals surface area contributed by atoms with Gasteiger partial charge in [0.05, 0.1) is 0 Å². The molecule has 0 radical (unpaired) electrons. The Balaban J connectivity index is 6.68. The molecule has 6 amide bonds. The standard InChI is InChI=1S/C30H48AsN9O18S3/c32-13(28(53)54)1-4-19(41)38-16(25(50)35-7-22(44)45)10-59-31(60-11-17(26(51)36-8-23(46)47)39-20(42)5-2-14(33)29(55)56)61-12-18(27(52)37-9-24(48)49)40-21(43)6-3-15(34)30(57)58/h13-18H,1-12,32-34H2,(H,35,50)(H,36,51)(H,37,52)(H,38,41)(H,39,42)(H,40,43)(H,44,45)(H,46,47)(H,48,49)(H,53,54)(H,55,56)(H,57,58)/t13-,14-,15-,16-,17-,18-/m0/s1. The Labute approximate surface area is 360 Å². The number of carbonyl (C=O) groups excluding carboxylic acids is 6. The van der Waals surface area contributed by atoms with Gasteiger partial charge in [0.15, 0.2) is 0 Å². The summed E-state index contributed by atoms with van der Waals surface area (Å²) in [4.78, 5) is 144. The van der Waals surface area contributed by atoms with E-state index < -0.39 is 158 Å². The molecule has 0 aromatic rings. The summed E-state index contributed by atoms with van der Waals surface area (Å²) in [5, 5.41) is 67.7. The van der Waals surface area contributed by atoms with Crippen molar-refractivity contribution in [3.63, 3.8) is 0 Å². The van der Waals surface area contributed by atoms with E-state index in [4.69, 9.17) is 47.8 Å². The van der Waals surface area contributed by atoms with E-state index in [-0.39, 0.29) is 36.5 Å². The Morgan fingerprint density at radius 1 is 0.426 bits per heavy atom. The average Bonchev–Trinajstić information content (AvgIpc) is 3.18. The van der Waals surface area contributed by atoms with E-state index in [0.29, 0.717) is 0 Å². The summed E-state index contributed by atoms with van der Waals surface area (Å²) in [5.41, 5.74) is 16.4. The first-order valence-corrected chi connectivity index (χ1v) is 27.2. The third kappa shape index (κ3) is 26.8. The molecule has 61 heavy (non-hydrogen) atoms. The van der Waals surface area contributed by atoms with Gasteiger partial charge in [0.25, 0.3) is 0 Å². The number of carboxylic acids is 6. The van der Waals surface area contributed by atoms with Crippen LogP contribution in [0.5, 0.6) is 0 Å². The first kappa shape index (κ1) is 56.1. The Morgan fingerprint density at radius 3 is 0.852 bits per heavy atom. The number of aliphatic carboxylic acids is 6. The summed E-state index contributed by atoms with van der Waals surface area (Å²) in [6.07, 6.45) is -2.46. The van der Waals surface area contributed by atoms with Crippen LogP contribution in [0.25, 0.3) is 0 Å². The van der Waals surface area contributed by atoms with Crippen molar-refractivity contribution in [3.8, 4) is 0 Å². The SMILES string of the molecule is N[C@@H](CCC(=O)N[C@@H](CS[As](SC[C@H](NC(=O)CC[C@H](N)C(=O)O)C(=O)NCC(=O)O)SC[C@H](NC(=O)CC[C@H](N)C(=O)O)C(=O)NCC(=O)O)C(=O)NCC(=O)O)C(=O)O. The van der Waals surface area contributed by atoms with Crippen molar-refractivity contribution < 1.29 is 88.2 Å². The molecule has 0 rings (SSSR count). The van der Waals surface area contributed by atoms with Crippen LogP contribution in [0.1, 0.15) is 38.5 Å². The van der Waals surface area contributed by atoms with Crippen molar-refractivity contribution in [2.45, 2.75) is 74.8 Å². The molecule has 0 aliphatic carbocycles. The topological polar surface area (TPSA) is 476 Å². The molecule has 0 unspecified atom stereocenters. The molecule has 0 aliphatic heterocycles. The molecule has 31 heteroatoms. The van der Waals surface area contributed by atoms with E-state index in [0.717, 1.165) is 30.1 Å². The molecule has 0 aromatic heterocycles. The number of nitrogens with one attached hydrogen (secondary N) is 6. The fourth-order valence-corrected chi connectivity index (χ4v) is 21.4. The third-order valence-corrected chi connectivity index (χ3v) is 26.0. The number of amides is 6. The van der Waals surface area contributed by atoms with Crippen molar-refractivity contribution in [2.24, 2.45) is 17.2 Å². The Kier molecular flexibility index (Phi) is 27.8. The summed E-state index contributed by atoms with van der Waals surface area (Å²) in [7, 11) is 2.91. The monoisotopic (exact) mass is 993 g/mol. The van der Waals surface area contributed by atoms with Crippen LogP contribution in [0.4, 0.5) is 0 Å². The summed E-state index contributed by atoms with van der Waals surface area (Å²) < 4.78 is 0. The van der Waals surface area contributed by atoms with Crippen LogP contribution in [-0.4, -0.2) is 186 Å². The van der Waals surface area contributed by atoms with Gasteiger partial charge < -0.3 is 0 Å². The molecule has 0 heterocycles. The molecule has 6 atom stereocenters. The quantitative estimate of drug-likeness (QED) is 0.0272. The molecule has 0 saturated heterocycles. The Bertz CT molecular complexity index is 1440. The summed E-state index contributed by atoms with van der Waals surface area (Å²) >= 11 is -2.90. The van der Waals surface area contributed by atoms with Crippen LogP contribution < -0.4 is 49.1 Å². The van der Waals surface area contributed by atoms with Crippen LogP contribution in [-0.2, 0) is 57.5 Å². The predicted molar refractivity (Wildman–Crippen MR) is 215 cm³/mol.